The molecule has 0 unspecified atom stereocenters. The number of nitrogens with zero attached hydrogens (tertiary/aromatic N) is 1. The molecule has 0 spiro atoms. The summed E-state index contributed by atoms with van der Waals surface area (Å²) in [5.41, 5.74) is 2.10. The molecule has 4 rings (SSSR count). The lowest BCUT2D eigenvalue weighted by molar-refractivity contribution is -0.116. The number of rotatable bonds is 7. The molecule has 0 atom stereocenters. The first-order valence-corrected chi connectivity index (χ1v) is 10.7. The number of anilines is 2. The van der Waals surface area contributed by atoms with Crippen molar-refractivity contribution in [3.8, 4) is 0 Å². The highest BCUT2D eigenvalue weighted by atomic mass is 19.1. The first kappa shape index (κ1) is 22.9. The quantitative estimate of drug-likeness (QED) is 0.508. The van der Waals surface area contributed by atoms with Crippen molar-refractivity contribution in [1.82, 2.24) is 4.90 Å². The summed E-state index contributed by atoms with van der Waals surface area (Å²) in [5.74, 6) is -1.90. The number of aryl methyl sites for hydroxylation is 2. The molecular formula is C25H22FN3O5. The zero-order valence-corrected chi connectivity index (χ0v) is 18.6. The van der Waals surface area contributed by atoms with E-state index < -0.39 is 11.7 Å². The SMILES string of the molecule is Cc1ccc2c(c1)C(=O)N(CCCC(=O)Nc1ccc(F)c(NC(=O)c3ccoc3C)c1)C2=O. The predicted octanol–water partition coefficient (Wildman–Crippen LogP) is 4.30. The van der Waals surface area contributed by atoms with Crippen LogP contribution in [0, 0.1) is 19.7 Å². The number of hydrogen-bond donors (Lipinski definition) is 2. The number of carbonyl (C=O) groups excluding carboxylic acids is 4. The fourth-order valence-corrected chi connectivity index (χ4v) is 3.74. The first-order chi connectivity index (χ1) is 16.2. The molecule has 1 aromatic heterocycles. The number of halogens is 1. The molecule has 0 saturated heterocycles. The largest absolute Gasteiger partial charge is 0.469 e. The van der Waals surface area contributed by atoms with E-state index in [1.807, 2.05) is 6.92 Å². The predicted molar refractivity (Wildman–Crippen MR) is 122 cm³/mol. The van der Waals surface area contributed by atoms with E-state index in [0.29, 0.717) is 22.6 Å². The molecule has 2 N–H and O–H groups in total. The van der Waals surface area contributed by atoms with Gasteiger partial charge in [0.1, 0.15) is 11.6 Å². The number of hydrogen-bond acceptors (Lipinski definition) is 5. The Kier molecular flexibility index (Phi) is 6.27. The van der Waals surface area contributed by atoms with Crippen LogP contribution in [0.1, 0.15) is 55.2 Å². The van der Waals surface area contributed by atoms with Gasteiger partial charge in [-0.25, -0.2) is 4.39 Å². The van der Waals surface area contributed by atoms with Crippen LogP contribution in [0.5, 0.6) is 0 Å². The Balaban J connectivity index is 1.33. The zero-order chi connectivity index (χ0) is 24.4. The number of nitrogens with one attached hydrogen (secondary N) is 2. The molecule has 1 aliphatic rings. The average Bonchev–Trinajstić information content (AvgIpc) is 3.32. The van der Waals surface area contributed by atoms with Crippen LogP contribution >= 0.6 is 0 Å². The Morgan fingerprint density at radius 3 is 2.47 bits per heavy atom. The lowest BCUT2D eigenvalue weighted by atomic mass is 10.1. The molecule has 174 valence electrons. The summed E-state index contributed by atoms with van der Waals surface area (Å²) in [6.07, 6.45) is 1.67. The minimum absolute atomic E-state index is 0.0414. The minimum atomic E-state index is -0.659. The van der Waals surface area contributed by atoms with Crippen LogP contribution in [-0.2, 0) is 4.79 Å². The van der Waals surface area contributed by atoms with Crippen LogP contribution in [0.4, 0.5) is 15.8 Å². The van der Waals surface area contributed by atoms with Crippen molar-refractivity contribution in [3.63, 3.8) is 0 Å². The maximum atomic E-state index is 14.2. The second-order valence-electron chi connectivity index (χ2n) is 8.00. The van der Waals surface area contributed by atoms with Gasteiger partial charge >= 0.3 is 0 Å². The van der Waals surface area contributed by atoms with Crippen LogP contribution in [-0.4, -0.2) is 35.1 Å². The van der Waals surface area contributed by atoms with Gasteiger partial charge in [-0.1, -0.05) is 11.6 Å². The van der Waals surface area contributed by atoms with Crippen molar-refractivity contribution >= 4 is 35.0 Å². The van der Waals surface area contributed by atoms with Crippen LogP contribution in [0.25, 0.3) is 0 Å². The molecule has 9 heteroatoms. The molecule has 3 aromatic rings. The van der Waals surface area contributed by atoms with Gasteiger partial charge in [0.2, 0.25) is 5.91 Å². The van der Waals surface area contributed by atoms with E-state index in [-0.39, 0.29) is 48.4 Å². The van der Waals surface area contributed by atoms with Gasteiger partial charge in [0, 0.05) is 18.7 Å². The Hall–Kier alpha value is -4.27. The monoisotopic (exact) mass is 463 g/mol. The highest BCUT2D eigenvalue weighted by Crippen LogP contribution is 2.25. The Labute approximate surface area is 194 Å². The molecule has 8 nitrogen and oxygen atoms in total. The third-order valence-corrected chi connectivity index (χ3v) is 5.51. The van der Waals surface area contributed by atoms with Crippen molar-refractivity contribution in [1.29, 1.82) is 0 Å². The maximum Gasteiger partial charge on any atom is 0.261 e. The molecule has 34 heavy (non-hydrogen) atoms. The summed E-state index contributed by atoms with van der Waals surface area (Å²) in [5, 5.41) is 5.10. The highest BCUT2D eigenvalue weighted by Gasteiger charge is 2.35. The van der Waals surface area contributed by atoms with Gasteiger partial charge in [0.25, 0.3) is 17.7 Å². The summed E-state index contributed by atoms with van der Waals surface area (Å²) < 4.78 is 19.3. The van der Waals surface area contributed by atoms with Crippen molar-refractivity contribution in [2.75, 3.05) is 17.2 Å². The van der Waals surface area contributed by atoms with E-state index in [2.05, 4.69) is 10.6 Å². The van der Waals surface area contributed by atoms with Gasteiger partial charge in [-0.2, -0.15) is 0 Å². The summed E-state index contributed by atoms with van der Waals surface area (Å²) in [6, 6.07) is 10.4. The number of furan rings is 1. The highest BCUT2D eigenvalue weighted by molar-refractivity contribution is 6.21. The molecule has 0 aliphatic carbocycles. The van der Waals surface area contributed by atoms with Gasteiger partial charge in [0.15, 0.2) is 0 Å². The van der Waals surface area contributed by atoms with Crippen molar-refractivity contribution in [3.05, 3.63) is 82.6 Å². The van der Waals surface area contributed by atoms with Crippen molar-refractivity contribution in [2.45, 2.75) is 26.7 Å². The van der Waals surface area contributed by atoms with Gasteiger partial charge < -0.3 is 15.1 Å². The summed E-state index contributed by atoms with van der Waals surface area (Å²) >= 11 is 0. The van der Waals surface area contributed by atoms with Gasteiger partial charge in [-0.05, 0) is 56.7 Å². The lowest BCUT2D eigenvalue weighted by Crippen LogP contribution is -2.31. The molecule has 0 saturated carbocycles. The maximum absolute atomic E-state index is 14.2. The van der Waals surface area contributed by atoms with Crippen LogP contribution in [0.2, 0.25) is 0 Å². The van der Waals surface area contributed by atoms with E-state index in [4.69, 9.17) is 4.42 Å². The van der Waals surface area contributed by atoms with E-state index >= 15 is 0 Å². The zero-order valence-electron chi connectivity index (χ0n) is 18.6. The van der Waals surface area contributed by atoms with Gasteiger partial charge in [-0.3, -0.25) is 24.1 Å². The first-order valence-electron chi connectivity index (χ1n) is 10.7. The second kappa shape index (κ2) is 9.30. The van der Waals surface area contributed by atoms with Crippen LogP contribution in [0.3, 0.4) is 0 Å². The molecule has 4 amide bonds. The average molecular weight is 463 g/mol. The molecule has 1 aliphatic heterocycles. The van der Waals surface area contributed by atoms with Gasteiger partial charge in [-0.15, -0.1) is 0 Å². The number of benzene rings is 2. The summed E-state index contributed by atoms with van der Waals surface area (Å²) in [7, 11) is 0. The Morgan fingerprint density at radius 2 is 1.74 bits per heavy atom. The fourth-order valence-electron chi connectivity index (χ4n) is 3.74. The molecule has 0 fully saturated rings. The van der Waals surface area contributed by atoms with E-state index in [1.165, 1.54) is 24.5 Å². The Morgan fingerprint density at radius 1 is 0.971 bits per heavy atom. The van der Waals surface area contributed by atoms with Crippen LogP contribution in [0.15, 0.2) is 53.1 Å². The van der Waals surface area contributed by atoms with Gasteiger partial charge in [0.05, 0.1) is 28.6 Å². The number of amides is 4. The van der Waals surface area contributed by atoms with E-state index in [1.54, 1.807) is 25.1 Å². The second-order valence-corrected chi connectivity index (χ2v) is 8.00. The van der Waals surface area contributed by atoms with E-state index in [0.717, 1.165) is 16.5 Å². The molecule has 2 aromatic carbocycles. The molecule has 0 bridgehead atoms. The minimum Gasteiger partial charge on any atom is -0.469 e. The van der Waals surface area contributed by atoms with E-state index in [9.17, 15) is 23.6 Å². The standard InChI is InChI=1S/C25H22FN3O5/c1-14-5-7-18-19(12-14)25(33)29(24(18)32)10-3-4-22(30)27-16-6-8-20(26)21(13-16)28-23(31)17-9-11-34-15(17)2/h5-9,11-13H,3-4,10H2,1-2H3,(H,27,30)(H,28,31). The smallest absolute Gasteiger partial charge is 0.261 e. The third kappa shape index (κ3) is 4.59. The fraction of sp³-hybridized carbons (Fsp3) is 0.200. The summed E-state index contributed by atoms with van der Waals surface area (Å²) in [4.78, 5) is 50.8. The molecule has 0 radical (unpaired) electrons. The van der Waals surface area contributed by atoms with Crippen molar-refractivity contribution < 1.29 is 28.0 Å². The normalized spacial score (nSPS) is 12.6. The number of carbonyl (C=O) groups is 4. The Bertz CT molecular complexity index is 1310. The third-order valence-electron chi connectivity index (χ3n) is 5.51. The summed E-state index contributed by atoms with van der Waals surface area (Å²) in [6.45, 7) is 3.56. The number of fused-ring (bicyclic) bond motifs is 1. The lowest BCUT2D eigenvalue weighted by Gasteiger charge is -2.14. The van der Waals surface area contributed by atoms with Crippen LogP contribution < -0.4 is 10.6 Å². The topological polar surface area (TPSA) is 109 Å². The number of imide groups is 1. The molecular weight excluding hydrogens is 441 g/mol. The molecule has 2 heterocycles. The van der Waals surface area contributed by atoms with Crippen molar-refractivity contribution in [2.24, 2.45) is 0 Å².